The van der Waals surface area contributed by atoms with Crippen LogP contribution in [0.2, 0.25) is 5.02 Å². The fourth-order valence-electron chi connectivity index (χ4n) is 2.05. The fraction of sp³-hybridized carbons (Fsp3) is 0.0667. The molecule has 0 aliphatic heterocycles. The summed E-state index contributed by atoms with van der Waals surface area (Å²) in [4.78, 5) is 9.01. The molecule has 2 heterocycles. The van der Waals surface area contributed by atoms with Gasteiger partial charge in [-0.05, 0) is 24.3 Å². The highest BCUT2D eigenvalue weighted by Gasteiger charge is 2.10. The number of halogens is 1. The third-order valence-corrected chi connectivity index (χ3v) is 3.28. The van der Waals surface area contributed by atoms with Crippen molar-refractivity contribution in [3.63, 3.8) is 0 Å². The minimum atomic E-state index is 0.650. The van der Waals surface area contributed by atoms with Crippen LogP contribution in [0.5, 0.6) is 0 Å². The number of para-hydroxylation sites is 1. The van der Waals surface area contributed by atoms with Gasteiger partial charge < -0.3 is 5.32 Å². The van der Waals surface area contributed by atoms with Gasteiger partial charge in [0, 0.05) is 18.6 Å². The lowest BCUT2D eigenvalue weighted by atomic mass is 10.1. The van der Waals surface area contributed by atoms with Crippen LogP contribution in [0.25, 0.3) is 22.3 Å². The number of aromatic nitrogens is 2. The Labute approximate surface area is 116 Å². The van der Waals surface area contributed by atoms with Crippen LogP contribution < -0.4 is 5.32 Å². The summed E-state index contributed by atoms with van der Waals surface area (Å²) in [6.45, 7) is 0. The number of nitrogens with one attached hydrogen (secondary N) is 1. The standard InChI is InChI=1S/C15H12ClN3/c1-17-13-9-10-5-4-6-11(16)14(10)19-15(13)12-7-2-3-8-18-12/h2-9,17H,1H3. The first-order valence-electron chi connectivity index (χ1n) is 5.98. The van der Waals surface area contributed by atoms with Gasteiger partial charge in [0.2, 0.25) is 0 Å². The summed E-state index contributed by atoms with van der Waals surface area (Å²) < 4.78 is 0. The maximum Gasteiger partial charge on any atom is 0.112 e. The van der Waals surface area contributed by atoms with Crippen molar-refractivity contribution in [1.29, 1.82) is 0 Å². The zero-order valence-electron chi connectivity index (χ0n) is 10.4. The van der Waals surface area contributed by atoms with Crippen LogP contribution in [-0.2, 0) is 0 Å². The van der Waals surface area contributed by atoms with Gasteiger partial charge in [0.1, 0.15) is 5.69 Å². The minimum Gasteiger partial charge on any atom is -0.386 e. The van der Waals surface area contributed by atoms with Crippen molar-refractivity contribution in [3.8, 4) is 11.4 Å². The number of nitrogens with zero attached hydrogens (tertiary/aromatic N) is 2. The Morgan fingerprint density at radius 2 is 2.00 bits per heavy atom. The first-order valence-corrected chi connectivity index (χ1v) is 6.36. The molecule has 0 fully saturated rings. The summed E-state index contributed by atoms with van der Waals surface area (Å²) in [6, 6.07) is 13.6. The molecule has 0 unspecified atom stereocenters. The Kier molecular flexibility index (Phi) is 3.05. The largest absolute Gasteiger partial charge is 0.386 e. The van der Waals surface area contributed by atoms with Gasteiger partial charge in [-0.2, -0.15) is 0 Å². The van der Waals surface area contributed by atoms with Crippen LogP contribution >= 0.6 is 11.6 Å². The van der Waals surface area contributed by atoms with E-state index in [0.717, 1.165) is 28.0 Å². The van der Waals surface area contributed by atoms with E-state index in [1.165, 1.54) is 0 Å². The first-order chi connectivity index (χ1) is 9.29. The average molecular weight is 270 g/mol. The molecule has 19 heavy (non-hydrogen) atoms. The average Bonchev–Trinajstić information content (AvgIpc) is 2.47. The second kappa shape index (κ2) is 4.86. The smallest absolute Gasteiger partial charge is 0.112 e. The minimum absolute atomic E-state index is 0.650. The highest BCUT2D eigenvalue weighted by atomic mass is 35.5. The lowest BCUT2D eigenvalue weighted by Crippen LogP contribution is -1.97. The third-order valence-electron chi connectivity index (χ3n) is 2.97. The van der Waals surface area contributed by atoms with Crippen molar-refractivity contribution < 1.29 is 0 Å². The molecule has 0 aliphatic rings. The van der Waals surface area contributed by atoms with Crippen molar-refractivity contribution in [1.82, 2.24) is 9.97 Å². The second-order valence-corrected chi connectivity index (χ2v) is 4.57. The second-order valence-electron chi connectivity index (χ2n) is 4.16. The molecule has 4 heteroatoms. The van der Waals surface area contributed by atoms with Gasteiger partial charge in [0.25, 0.3) is 0 Å². The highest BCUT2D eigenvalue weighted by molar-refractivity contribution is 6.35. The third kappa shape index (κ3) is 2.13. The highest BCUT2D eigenvalue weighted by Crippen LogP contribution is 2.30. The van der Waals surface area contributed by atoms with E-state index in [1.54, 1.807) is 6.20 Å². The summed E-state index contributed by atoms with van der Waals surface area (Å²) in [7, 11) is 1.87. The molecule has 0 radical (unpaired) electrons. The Morgan fingerprint density at radius 3 is 2.74 bits per heavy atom. The molecule has 0 bridgehead atoms. The SMILES string of the molecule is CNc1cc2cccc(Cl)c2nc1-c1ccccn1. The topological polar surface area (TPSA) is 37.8 Å². The van der Waals surface area contributed by atoms with Gasteiger partial charge in [-0.25, -0.2) is 4.98 Å². The maximum atomic E-state index is 6.21. The Morgan fingerprint density at radius 1 is 1.11 bits per heavy atom. The molecule has 94 valence electrons. The Balaban J connectivity index is 2.32. The van der Waals surface area contributed by atoms with E-state index < -0.39 is 0 Å². The van der Waals surface area contributed by atoms with E-state index >= 15 is 0 Å². The number of rotatable bonds is 2. The molecule has 1 aromatic carbocycles. The van der Waals surface area contributed by atoms with Gasteiger partial charge >= 0.3 is 0 Å². The van der Waals surface area contributed by atoms with Crippen LogP contribution in [0.15, 0.2) is 48.7 Å². The number of benzene rings is 1. The molecule has 3 nitrogen and oxygen atoms in total. The van der Waals surface area contributed by atoms with Gasteiger partial charge in [-0.3, -0.25) is 4.98 Å². The molecule has 0 atom stereocenters. The zero-order chi connectivity index (χ0) is 13.2. The molecule has 0 saturated heterocycles. The molecule has 0 aliphatic carbocycles. The molecule has 0 saturated carbocycles. The number of hydrogen-bond acceptors (Lipinski definition) is 3. The van der Waals surface area contributed by atoms with E-state index in [2.05, 4.69) is 15.3 Å². The number of hydrogen-bond donors (Lipinski definition) is 1. The van der Waals surface area contributed by atoms with Crippen LogP contribution in [0.3, 0.4) is 0 Å². The quantitative estimate of drug-likeness (QED) is 0.764. The van der Waals surface area contributed by atoms with Crippen molar-refractivity contribution in [3.05, 3.63) is 53.7 Å². The predicted octanol–water partition coefficient (Wildman–Crippen LogP) is 3.99. The lowest BCUT2D eigenvalue weighted by Gasteiger charge is -2.10. The predicted molar refractivity (Wildman–Crippen MR) is 79.5 cm³/mol. The van der Waals surface area contributed by atoms with E-state index in [-0.39, 0.29) is 0 Å². The molecule has 0 amide bonds. The fourth-order valence-corrected chi connectivity index (χ4v) is 2.28. The van der Waals surface area contributed by atoms with Crippen LogP contribution in [0.1, 0.15) is 0 Å². The molecule has 1 N–H and O–H groups in total. The van der Waals surface area contributed by atoms with Crippen molar-refractivity contribution in [2.45, 2.75) is 0 Å². The van der Waals surface area contributed by atoms with E-state index in [9.17, 15) is 0 Å². The molecule has 2 aromatic heterocycles. The van der Waals surface area contributed by atoms with Gasteiger partial charge in [-0.1, -0.05) is 29.8 Å². The van der Waals surface area contributed by atoms with E-state index in [1.807, 2.05) is 49.5 Å². The summed E-state index contributed by atoms with van der Waals surface area (Å²) in [5.74, 6) is 0. The summed E-state index contributed by atoms with van der Waals surface area (Å²) in [5, 5.41) is 4.82. The summed E-state index contributed by atoms with van der Waals surface area (Å²) >= 11 is 6.21. The van der Waals surface area contributed by atoms with Crippen molar-refractivity contribution in [2.24, 2.45) is 0 Å². The zero-order valence-corrected chi connectivity index (χ0v) is 11.1. The normalized spacial score (nSPS) is 10.6. The molecular weight excluding hydrogens is 258 g/mol. The van der Waals surface area contributed by atoms with E-state index in [4.69, 9.17) is 11.6 Å². The summed E-state index contributed by atoms with van der Waals surface area (Å²) in [5.41, 5.74) is 3.37. The van der Waals surface area contributed by atoms with Crippen molar-refractivity contribution >= 4 is 28.2 Å². The first kappa shape index (κ1) is 11.9. The molecule has 3 rings (SSSR count). The monoisotopic (exact) mass is 269 g/mol. The van der Waals surface area contributed by atoms with Gasteiger partial charge in [0.15, 0.2) is 0 Å². The Bertz CT molecular complexity index is 726. The summed E-state index contributed by atoms with van der Waals surface area (Å²) in [6.07, 6.45) is 1.76. The van der Waals surface area contributed by atoms with Crippen LogP contribution in [-0.4, -0.2) is 17.0 Å². The number of anilines is 1. The lowest BCUT2D eigenvalue weighted by molar-refractivity contribution is 1.27. The van der Waals surface area contributed by atoms with Crippen LogP contribution in [0.4, 0.5) is 5.69 Å². The number of pyridine rings is 2. The van der Waals surface area contributed by atoms with Crippen molar-refractivity contribution in [2.75, 3.05) is 12.4 Å². The molecular formula is C15H12ClN3. The van der Waals surface area contributed by atoms with Gasteiger partial charge in [0.05, 0.1) is 21.9 Å². The Hall–Kier alpha value is -2.13. The molecule has 0 spiro atoms. The molecule has 3 aromatic rings. The number of fused-ring (bicyclic) bond motifs is 1. The van der Waals surface area contributed by atoms with Crippen LogP contribution in [0, 0.1) is 0 Å². The maximum absolute atomic E-state index is 6.21. The van der Waals surface area contributed by atoms with Gasteiger partial charge in [-0.15, -0.1) is 0 Å². The van der Waals surface area contributed by atoms with E-state index in [0.29, 0.717) is 5.02 Å².